The second-order valence-electron chi connectivity index (χ2n) is 4.82. The Morgan fingerprint density at radius 1 is 1.59 bits per heavy atom. The molecule has 0 saturated heterocycles. The summed E-state index contributed by atoms with van der Waals surface area (Å²) < 4.78 is 13.2. The molecule has 1 amide bonds. The van der Waals surface area contributed by atoms with E-state index in [1.807, 2.05) is 0 Å². The number of hydrogen-bond donors (Lipinski definition) is 2. The molecule has 1 aliphatic carbocycles. The van der Waals surface area contributed by atoms with Crippen molar-refractivity contribution in [3.63, 3.8) is 0 Å². The summed E-state index contributed by atoms with van der Waals surface area (Å²) in [6.45, 7) is 2.45. The van der Waals surface area contributed by atoms with Crippen LogP contribution in [0.4, 0.5) is 4.39 Å². The molecule has 0 bridgehead atoms. The maximum Gasteiger partial charge on any atom is 0.242 e. The fraction of sp³-hybridized carbons (Fsp3) is 0.462. The van der Waals surface area contributed by atoms with Crippen LogP contribution in [0.3, 0.4) is 0 Å². The highest BCUT2D eigenvalue weighted by atomic mass is 19.1. The molecule has 4 heteroatoms. The summed E-state index contributed by atoms with van der Waals surface area (Å²) in [5, 5.41) is 3.16. The summed E-state index contributed by atoms with van der Waals surface area (Å²) >= 11 is 0. The molecule has 0 aliphatic heterocycles. The van der Waals surface area contributed by atoms with Crippen molar-refractivity contribution in [1.29, 1.82) is 0 Å². The van der Waals surface area contributed by atoms with E-state index in [2.05, 4.69) is 5.32 Å². The topological polar surface area (TPSA) is 55.1 Å². The average Bonchev–Trinajstić information content (AvgIpc) is 3.09. The van der Waals surface area contributed by atoms with Gasteiger partial charge in [0.2, 0.25) is 5.91 Å². The monoisotopic (exact) mass is 236 g/mol. The quantitative estimate of drug-likeness (QED) is 0.814. The summed E-state index contributed by atoms with van der Waals surface area (Å²) in [6.07, 6.45) is 2.37. The molecule has 1 atom stereocenters. The Morgan fingerprint density at radius 2 is 2.29 bits per heavy atom. The van der Waals surface area contributed by atoms with E-state index in [4.69, 9.17) is 5.73 Å². The van der Waals surface area contributed by atoms with Gasteiger partial charge in [0.15, 0.2) is 0 Å². The molecule has 2 rings (SSSR count). The second kappa shape index (κ2) is 4.45. The first kappa shape index (κ1) is 12.0. The van der Waals surface area contributed by atoms with Gasteiger partial charge in [-0.05, 0) is 49.9 Å². The van der Waals surface area contributed by atoms with Crippen LogP contribution >= 0.6 is 0 Å². The zero-order chi connectivity index (χ0) is 12.5. The van der Waals surface area contributed by atoms with Gasteiger partial charge in [0.25, 0.3) is 0 Å². The Bertz CT molecular complexity index is 431. The minimum atomic E-state index is -0.995. The van der Waals surface area contributed by atoms with Crippen molar-refractivity contribution >= 4 is 5.91 Å². The number of primary amides is 1. The van der Waals surface area contributed by atoms with Crippen LogP contribution in [-0.4, -0.2) is 12.5 Å². The molecule has 1 unspecified atom stereocenters. The fourth-order valence-electron chi connectivity index (χ4n) is 1.80. The summed E-state index contributed by atoms with van der Waals surface area (Å²) in [6, 6.07) is 6.01. The lowest BCUT2D eigenvalue weighted by atomic mass is 9.91. The van der Waals surface area contributed by atoms with Crippen LogP contribution in [0, 0.1) is 11.7 Å². The van der Waals surface area contributed by atoms with Crippen LogP contribution in [0.2, 0.25) is 0 Å². The van der Waals surface area contributed by atoms with Crippen molar-refractivity contribution in [2.45, 2.75) is 25.3 Å². The Morgan fingerprint density at radius 3 is 2.82 bits per heavy atom. The number of rotatable bonds is 5. The third kappa shape index (κ3) is 2.64. The van der Waals surface area contributed by atoms with Crippen LogP contribution < -0.4 is 11.1 Å². The summed E-state index contributed by atoms with van der Waals surface area (Å²) in [5.41, 5.74) is 5.02. The number of nitrogens with two attached hydrogens (primary N) is 1. The molecule has 0 aromatic heterocycles. The van der Waals surface area contributed by atoms with E-state index in [0.717, 1.165) is 6.54 Å². The smallest absolute Gasteiger partial charge is 0.242 e. The highest BCUT2D eigenvalue weighted by Gasteiger charge is 2.35. The van der Waals surface area contributed by atoms with Crippen molar-refractivity contribution in [3.05, 3.63) is 35.6 Å². The molecule has 0 heterocycles. The maximum atomic E-state index is 13.2. The lowest BCUT2D eigenvalue weighted by Crippen LogP contribution is -2.51. The second-order valence-corrected chi connectivity index (χ2v) is 4.82. The summed E-state index contributed by atoms with van der Waals surface area (Å²) in [4.78, 5) is 11.6. The molecule has 3 N–H and O–H groups in total. The molecule has 1 fully saturated rings. The molecule has 0 spiro atoms. The molecule has 1 aromatic rings. The van der Waals surface area contributed by atoms with Gasteiger partial charge in [-0.15, -0.1) is 0 Å². The number of benzene rings is 1. The number of amides is 1. The summed E-state index contributed by atoms with van der Waals surface area (Å²) in [5.74, 6) is -0.214. The predicted octanol–water partition coefficient (Wildman–Crippen LogP) is 1.53. The first-order valence-electron chi connectivity index (χ1n) is 5.83. The number of carbonyl (C=O) groups excluding carboxylic acids is 1. The minimum absolute atomic E-state index is 0.358. The van der Waals surface area contributed by atoms with Crippen LogP contribution in [0.25, 0.3) is 0 Å². The van der Waals surface area contributed by atoms with E-state index in [1.165, 1.54) is 25.0 Å². The molecule has 0 radical (unpaired) electrons. The third-order valence-corrected chi connectivity index (χ3v) is 3.34. The van der Waals surface area contributed by atoms with Gasteiger partial charge >= 0.3 is 0 Å². The van der Waals surface area contributed by atoms with Gasteiger partial charge in [0.1, 0.15) is 11.4 Å². The van der Waals surface area contributed by atoms with Crippen LogP contribution in [0.1, 0.15) is 25.3 Å². The van der Waals surface area contributed by atoms with Gasteiger partial charge in [-0.1, -0.05) is 12.1 Å². The third-order valence-electron chi connectivity index (χ3n) is 3.34. The van der Waals surface area contributed by atoms with Crippen LogP contribution in [-0.2, 0) is 10.3 Å². The fourth-order valence-corrected chi connectivity index (χ4v) is 1.80. The van der Waals surface area contributed by atoms with E-state index in [-0.39, 0.29) is 5.82 Å². The largest absolute Gasteiger partial charge is 0.368 e. The molecule has 92 valence electrons. The number of nitrogens with one attached hydrogen (secondary N) is 1. The lowest BCUT2D eigenvalue weighted by Gasteiger charge is -2.28. The molecule has 17 heavy (non-hydrogen) atoms. The van der Waals surface area contributed by atoms with Gasteiger partial charge in [-0.2, -0.15) is 0 Å². The number of hydrogen-bond acceptors (Lipinski definition) is 2. The summed E-state index contributed by atoms with van der Waals surface area (Å²) in [7, 11) is 0. The normalized spacial score (nSPS) is 18.7. The zero-order valence-corrected chi connectivity index (χ0v) is 9.87. The Kier molecular flexibility index (Phi) is 3.15. The first-order chi connectivity index (χ1) is 8.02. The zero-order valence-electron chi connectivity index (χ0n) is 9.87. The van der Waals surface area contributed by atoms with E-state index < -0.39 is 11.4 Å². The van der Waals surface area contributed by atoms with Crippen LogP contribution in [0.15, 0.2) is 24.3 Å². The maximum absolute atomic E-state index is 13.2. The Balaban J connectivity index is 2.22. The molecule has 1 saturated carbocycles. The van der Waals surface area contributed by atoms with Crippen molar-refractivity contribution in [1.82, 2.24) is 5.32 Å². The van der Waals surface area contributed by atoms with E-state index in [9.17, 15) is 9.18 Å². The molecular weight excluding hydrogens is 219 g/mol. The molecule has 1 aromatic carbocycles. The van der Waals surface area contributed by atoms with Crippen molar-refractivity contribution < 1.29 is 9.18 Å². The SMILES string of the molecule is CC(NCC1CC1)(C(N)=O)c1cccc(F)c1. The van der Waals surface area contributed by atoms with E-state index in [1.54, 1.807) is 19.1 Å². The minimum Gasteiger partial charge on any atom is -0.368 e. The van der Waals surface area contributed by atoms with Gasteiger partial charge in [0, 0.05) is 0 Å². The molecule has 1 aliphatic rings. The molecular formula is C13H17FN2O. The van der Waals surface area contributed by atoms with Gasteiger partial charge < -0.3 is 5.73 Å². The molecule has 3 nitrogen and oxygen atoms in total. The van der Waals surface area contributed by atoms with Gasteiger partial charge in [-0.25, -0.2) is 4.39 Å². The van der Waals surface area contributed by atoms with Crippen molar-refractivity contribution in [3.8, 4) is 0 Å². The van der Waals surface area contributed by atoms with Gasteiger partial charge in [0.05, 0.1) is 0 Å². The standard InChI is InChI=1S/C13H17FN2O/c1-13(12(15)17,16-8-9-5-6-9)10-3-2-4-11(14)7-10/h2-4,7,9,16H,5-6,8H2,1H3,(H2,15,17). The average molecular weight is 236 g/mol. The number of halogens is 1. The van der Waals surface area contributed by atoms with Crippen LogP contribution in [0.5, 0.6) is 0 Å². The van der Waals surface area contributed by atoms with E-state index in [0.29, 0.717) is 11.5 Å². The lowest BCUT2D eigenvalue weighted by molar-refractivity contribution is -0.124. The van der Waals surface area contributed by atoms with E-state index >= 15 is 0 Å². The van der Waals surface area contributed by atoms with Crippen molar-refractivity contribution in [2.75, 3.05) is 6.54 Å². The highest BCUT2D eigenvalue weighted by molar-refractivity contribution is 5.85. The van der Waals surface area contributed by atoms with Crippen molar-refractivity contribution in [2.24, 2.45) is 11.7 Å². The highest BCUT2D eigenvalue weighted by Crippen LogP contribution is 2.30. The van der Waals surface area contributed by atoms with Gasteiger partial charge in [-0.3, -0.25) is 10.1 Å². The number of carbonyl (C=O) groups is 1. The first-order valence-corrected chi connectivity index (χ1v) is 5.83. The Hall–Kier alpha value is -1.42. The Labute approximate surface area is 100 Å². The predicted molar refractivity (Wildman–Crippen MR) is 63.7 cm³/mol.